The van der Waals surface area contributed by atoms with Gasteiger partial charge in [-0.1, -0.05) is 57.8 Å². The van der Waals surface area contributed by atoms with E-state index in [0.717, 1.165) is 32.5 Å². The first-order valence-corrected chi connectivity index (χ1v) is 10.2. The van der Waals surface area contributed by atoms with Crippen LogP contribution in [0.5, 0.6) is 0 Å². The third kappa shape index (κ3) is 23.4. The maximum absolute atomic E-state index is 10.4. The zero-order valence-electron chi connectivity index (χ0n) is 16.3. The van der Waals surface area contributed by atoms with Crippen molar-refractivity contribution >= 4 is 5.97 Å². The fraction of sp³-hybridized carbons (Fsp3) is 0.950. The fourth-order valence-corrected chi connectivity index (χ4v) is 2.66. The lowest BCUT2D eigenvalue weighted by Crippen LogP contribution is -2.09. The van der Waals surface area contributed by atoms with Crippen LogP contribution in [0.2, 0.25) is 0 Å². The highest BCUT2D eigenvalue weighted by atomic mass is 16.5. The third-order valence-corrected chi connectivity index (χ3v) is 4.13. The number of carboxylic acid groups (broad SMARTS) is 1. The zero-order chi connectivity index (χ0) is 18.4. The van der Waals surface area contributed by atoms with Gasteiger partial charge in [-0.25, -0.2) is 0 Å². The highest BCUT2D eigenvalue weighted by Gasteiger charge is 1.97. The molecule has 0 heterocycles. The lowest BCUT2D eigenvalue weighted by Gasteiger charge is -2.06. The molecule has 1 N–H and O–H groups in total. The van der Waals surface area contributed by atoms with Gasteiger partial charge in [-0.3, -0.25) is 4.79 Å². The Morgan fingerprint density at radius 1 is 0.600 bits per heavy atom. The number of hydrogen-bond acceptors (Lipinski definition) is 4. The predicted octanol–water partition coefficient (Wildman–Crippen LogP) is 4.82. The smallest absolute Gasteiger partial charge is 0.303 e. The van der Waals surface area contributed by atoms with Crippen LogP contribution in [-0.2, 0) is 19.0 Å². The summed E-state index contributed by atoms with van der Waals surface area (Å²) in [5, 5.41) is 8.55. The number of hydrogen-bond donors (Lipinski definition) is 1. The van der Waals surface area contributed by atoms with Crippen LogP contribution in [0.25, 0.3) is 0 Å². The molecule has 0 unspecified atom stereocenters. The van der Waals surface area contributed by atoms with Crippen molar-refractivity contribution < 1.29 is 24.1 Å². The molecule has 0 saturated heterocycles. The minimum Gasteiger partial charge on any atom is -0.481 e. The summed E-state index contributed by atoms with van der Waals surface area (Å²) in [6.07, 6.45) is 13.6. The molecule has 5 nitrogen and oxygen atoms in total. The lowest BCUT2D eigenvalue weighted by atomic mass is 10.1. The van der Waals surface area contributed by atoms with Crippen molar-refractivity contribution in [2.24, 2.45) is 0 Å². The van der Waals surface area contributed by atoms with Gasteiger partial charge in [-0.2, -0.15) is 0 Å². The molecule has 0 aliphatic heterocycles. The van der Waals surface area contributed by atoms with Crippen molar-refractivity contribution in [2.45, 2.75) is 84.0 Å². The molecule has 0 atom stereocenters. The molecule has 0 amide bonds. The molecule has 150 valence electrons. The Hall–Kier alpha value is -0.650. The van der Waals surface area contributed by atoms with E-state index in [9.17, 15) is 4.79 Å². The first-order valence-electron chi connectivity index (χ1n) is 10.2. The normalized spacial score (nSPS) is 11.1. The van der Waals surface area contributed by atoms with Gasteiger partial charge >= 0.3 is 5.97 Å². The first kappa shape index (κ1) is 24.4. The van der Waals surface area contributed by atoms with Crippen molar-refractivity contribution in [3.8, 4) is 0 Å². The Labute approximate surface area is 154 Å². The summed E-state index contributed by atoms with van der Waals surface area (Å²) in [6.45, 7) is 6.22. The summed E-state index contributed by atoms with van der Waals surface area (Å²) in [5.74, 6) is -0.670. The van der Waals surface area contributed by atoms with Crippen molar-refractivity contribution in [3.05, 3.63) is 0 Å². The van der Waals surface area contributed by atoms with Crippen molar-refractivity contribution in [3.63, 3.8) is 0 Å². The summed E-state index contributed by atoms with van der Waals surface area (Å²) in [4.78, 5) is 10.4. The van der Waals surface area contributed by atoms with Gasteiger partial charge in [0.2, 0.25) is 0 Å². The van der Waals surface area contributed by atoms with Gasteiger partial charge in [-0.15, -0.1) is 0 Å². The van der Waals surface area contributed by atoms with Crippen LogP contribution in [0.4, 0.5) is 0 Å². The predicted molar refractivity (Wildman–Crippen MR) is 101 cm³/mol. The van der Waals surface area contributed by atoms with Gasteiger partial charge in [0, 0.05) is 19.6 Å². The summed E-state index contributed by atoms with van der Waals surface area (Å²) >= 11 is 0. The van der Waals surface area contributed by atoms with Gasteiger partial charge in [0.15, 0.2) is 0 Å². The van der Waals surface area contributed by atoms with E-state index in [-0.39, 0.29) is 0 Å². The largest absolute Gasteiger partial charge is 0.481 e. The summed E-state index contributed by atoms with van der Waals surface area (Å²) < 4.78 is 16.1. The average Bonchev–Trinajstić information content (AvgIpc) is 2.60. The van der Waals surface area contributed by atoms with Crippen molar-refractivity contribution in [2.75, 3.05) is 39.6 Å². The quantitative estimate of drug-likeness (QED) is 0.297. The molecule has 0 rings (SSSR count). The zero-order valence-corrected chi connectivity index (χ0v) is 16.3. The highest BCUT2D eigenvalue weighted by molar-refractivity contribution is 5.66. The van der Waals surface area contributed by atoms with Gasteiger partial charge in [-0.05, 0) is 19.8 Å². The molecule has 0 aliphatic carbocycles. The number of rotatable bonds is 21. The fourth-order valence-electron chi connectivity index (χ4n) is 2.66. The van der Waals surface area contributed by atoms with Crippen molar-refractivity contribution in [1.82, 2.24) is 0 Å². The molecule has 0 radical (unpaired) electrons. The topological polar surface area (TPSA) is 65.0 Å². The Morgan fingerprint density at radius 2 is 1.00 bits per heavy atom. The van der Waals surface area contributed by atoms with Crippen molar-refractivity contribution in [1.29, 1.82) is 0 Å². The average molecular weight is 361 g/mol. The van der Waals surface area contributed by atoms with Gasteiger partial charge < -0.3 is 19.3 Å². The van der Waals surface area contributed by atoms with E-state index >= 15 is 0 Å². The molecule has 0 spiro atoms. The minimum absolute atomic E-state index is 0.324. The van der Waals surface area contributed by atoms with Crippen LogP contribution in [0, 0.1) is 0 Å². The third-order valence-electron chi connectivity index (χ3n) is 4.13. The number of unbranched alkanes of at least 4 members (excludes halogenated alkanes) is 10. The molecule has 5 heteroatoms. The molecule has 0 aromatic rings. The molecule has 0 aromatic heterocycles. The first-order chi connectivity index (χ1) is 12.3. The van der Waals surface area contributed by atoms with Crippen LogP contribution < -0.4 is 0 Å². The SMILES string of the molecule is CCOCCOCCOCCCCCCCCCCCCCC(=O)O. The maximum Gasteiger partial charge on any atom is 0.303 e. The standard InChI is InChI=1S/C20H40O5/c1-2-23-16-17-25-19-18-24-15-13-11-9-7-5-3-4-6-8-10-12-14-20(21)22/h2-19H2,1H3,(H,21,22). The Balaban J connectivity index is 2.97. The summed E-state index contributed by atoms with van der Waals surface area (Å²) in [6, 6.07) is 0. The van der Waals surface area contributed by atoms with E-state index < -0.39 is 5.97 Å². The molecule has 0 bridgehead atoms. The lowest BCUT2D eigenvalue weighted by molar-refractivity contribution is -0.137. The molecule has 0 saturated carbocycles. The van der Waals surface area contributed by atoms with Crippen LogP contribution in [0.3, 0.4) is 0 Å². The Bertz CT molecular complexity index is 271. The molecule has 0 aliphatic rings. The van der Waals surface area contributed by atoms with Gasteiger partial charge in [0.25, 0.3) is 0 Å². The van der Waals surface area contributed by atoms with E-state index in [2.05, 4.69) is 0 Å². The van der Waals surface area contributed by atoms with E-state index in [4.69, 9.17) is 19.3 Å². The molecule has 25 heavy (non-hydrogen) atoms. The molecule has 0 aromatic carbocycles. The second-order valence-electron chi connectivity index (χ2n) is 6.45. The van der Waals surface area contributed by atoms with E-state index in [1.807, 2.05) is 6.92 Å². The highest BCUT2D eigenvalue weighted by Crippen LogP contribution is 2.12. The number of ether oxygens (including phenoxy) is 3. The van der Waals surface area contributed by atoms with Crippen LogP contribution >= 0.6 is 0 Å². The van der Waals surface area contributed by atoms with Crippen LogP contribution in [-0.4, -0.2) is 50.7 Å². The summed E-state index contributed by atoms with van der Waals surface area (Å²) in [5.41, 5.74) is 0. The van der Waals surface area contributed by atoms with Crippen LogP contribution in [0.1, 0.15) is 84.0 Å². The van der Waals surface area contributed by atoms with Gasteiger partial charge in [0.05, 0.1) is 26.4 Å². The number of carbonyl (C=O) groups is 1. The number of aliphatic carboxylic acids is 1. The Morgan fingerprint density at radius 3 is 1.48 bits per heavy atom. The van der Waals surface area contributed by atoms with E-state index in [1.165, 1.54) is 51.4 Å². The monoisotopic (exact) mass is 360 g/mol. The maximum atomic E-state index is 10.4. The van der Waals surface area contributed by atoms with Crippen LogP contribution in [0.15, 0.2) is 0 Å². The van der Waals surface area contributed by atoms with Gasteiger partial charge in [0.1, 0.15) is 0 Å². The minimum atomic E-state index is -0.670. The summed E-state index contributed by atoms with van der Waals surface area (Å²) in [7, 11) is 0. The van der Waals surface area contributed by atoms with E-state index in [0.29, 0.717) is 32.8 Å². The Kier molecular flexibility index (Phi) is 20.8. The molecular weight excluding hydrogens is 320 g/mol. The molecular formula is C20H40O5. The second-order valence-corrected chi connectivity index (χ2v) is 6.45. The van der Waals surface area contributed by atoms with E-state index in [1.54, 1.807) is 0 Å². The molecule has 0 fully saturated rings. The second kappa shape index (κ2) is 21.4. The number of carboxylic acids is 1.